The van der Waals surface area contributed by atoms with Crippen LogP contribution in [0, 0.1) is 25.5 Å². The van der Waals surface area contributed by atoms with Gasteiger partial charge in [0.25, 0.3) is 5.91 Å². The highest BCUT2D eigenvalue weighted by atomic mass is 35.5. The number of rotatable bonds is 19. The number of aliphatic hydroxyl groups excluding tert-OH is 1. The molecule has 1 aromatic heterocycles. The molecule has 0 saturated carbocycles. The molecule has 3 aromatic rings. The summed E-state index contributed by atoms with van der Waals surface area (Å²) >= 11 is 1.13. The predicted octanol–water partition coefficient (Wildman–Crippen LogP) is 5.38. The van der Waals surface area contributed by atoms with Gasteiger partial charge in [-0.15, -0.1) is 23.7 Å². The van der Waals surface area contributed by atoms with Gasteiger partial charge < -0.3 is 21.1 Å². The van der Waals surface area contributed by atoms with Crippen molar-refractivity contribution in [2.45, 2.75) is 103 Å². The Hall–Kier alpha value is -2.97. The normalized spacial score (nSPS) is 13.4. The molecule has 0 unspecified atom stereocenters. The van der Waals surface area contributed by atoms with E-state index in [9.17, 15) is 31.9 Å². The molecule has 3 atom stereocenters. The third kappa shape index (κ3) is 13.0. The summed E-state index contributed by atoms with van der Waals surface area (Å²) in [5, 5.41) is 19.7. The standard InChI is InChI=1S/C35H48F2N4O5S2.ClH/c1-6-10-29(11-7-2)48(45,46)21-31(41-35(44)33-22(4)39-23(5)47-33)34(43)40-30(17-26-15-27(36)18-28(37)16-26)32(42)20-38-19-25-13-9-12-24(8-3)14-25;/h9,12-16,18,29-32,38,42H,6-8,10-11,17,19-21H2,1-5H3,(H,40,43)(H,41,44);1H/t30-,31+,32+;/m0./s1. The minimum Gasteiger partial charge on any atom is -0.390 e. The lowest BCUT2D eigenvalue weighted by atomic mass is 10.00. The first-order chi connectivity index (χ1) is 22.8. The number of halogens is 3. The molecule has 3 rings (SSSR count). The topological polar surface area (TPSA) is 137 Å². The third-order valence-corrected chi connectivity index (χ3v) is 11.5. The van der Waals surface area contributed by atoms with Crippen LogP contribution in [0.15, 0.2) is 42.5 Å². The number of amides is 2. The van der Waals surface area contributed by atoms with Crippen molar-refractivity contribution in [1.82, 2.24) is 20.9 Å². The fourth-order valence-corrected chi connectivity index (χ4v) is 8.66. The van der Waals surface area contributed by atoms with Crippen LogP contribution in [0.3, 0.4) is 0 Å². The first-order valence-corrected chi connectivity index (χ1v) is 19.0. The maximum absolute atomic E-state index is 14.1. The van der Waals surface area contributed by atoms with E-state index in [-0.39, 0.29) is 35.8 Å². The summed E-state index contributed by atoms with van der Waals surface area (Å²) < 4.78 is 55.5. The molecular weight excluding hydrogens is 694 g/mol. The van der Waals surface area contributed by atoms with Crippen LogP contribution in [0.1, 0.15) is 83.5 Å². The van der Waals surface area contributed by atoms with Gasteiger partial charge in [-0.25, -0.2) is 22.2 Å². The number of hydrogen-bond acceptors (Lipinski definition) is 8. The summed E-state index contributed by atoms with van der Waals surface area (Å²) in [4.78, 5) is 31.8. The molecule has 0 bridgehead atoms. The lowest BCUT2D eigenvalue weighted by Gasteiger charge is -2.28. The van der Waals surface area contributed by atoms with Crippen molar-refractivity contribution in [2.24, 2.45) is 0 Å². The van der Waals surface area contributed by atoms with Crippen molar-refractivity contribution < 1.29 is 31.9 Å². The van der Waals surface area contributed by atoms with Crippen molar-refractivity contribution in [1.29, 1.82) is 0 Å². The highest BCUT2D eigenvalue weighted by Gasteiger charge is 2.35. The minimum atomic E-state index is -3.86. The summed E-state index contributed by atoms with van der Waals surface area (Å²) in [6, 6.07) is 8.28. The van der Waals surface area contributed by atoms with Gasteiger partial charge in [0.15, 0.2) is 9.84 Å². The second-order valence-electron chi connectivity index (χ2n) is 12.2. The molecule has 0 aliphatic rings. The van der Waals surface area contributed by atoms with Gasteiger partial charge in [-0.05, 0) is 68.4 Å². The van der Waals surface area contributed by atoms with Gasteiger partial charge in [0.1, 0.15) is 22.6 Å². The number of thiazole rings is 1. The SMILES string of the molecule is CCCC(CCC)S(=O)(=O)C[C@@H](NC(=O)c1sc(C)nc1C)C(=O)N[C@@H](Cc1cc(F)cc(F)c1)[C@H](O)CNCc1cccc(CC)c1.Cl. The Balaban J connectivity index is 0.00000833. The molecule has 2 aromatic carbocycles. The molecule has 1 heterocycles. The van der Waals surface area contributed by atoms with Crippen molar-refractivity contribution in [3.8, 4) is 0 Å². The zero-order chi connectivity index (χ0) is 35.4. The van der Waals surface area contributed by atoms with Crippen molar-refractivity contribution in [2.75, 3.05) is 12.3 Å². The van der Waals surface area contributed by atoms with Gasteiger partial charge in [0.2, 0.25) is 5.91 Å². The molecule has 4 N–H and O–H groups in total. The van der Waals surface area contributed by atoms with Crippen LogP contribution in [-0.4, -0.2) is 66.1 Å². The van der Waals surface area contributed by atoms with Crippen LogP contribution in [0.2, 0.25) is 0 Å². The number of aromatic nitrogens is 1. The van der Waals surface area contributed by atoms with Crippen LogP contribution >= 0.6 is 23.7 Å². The summed E-state index contributed by atoms with van der Waals surface area (Å²) in [6.45, 7) is 9.62. The van der Waals surface area contributed by atoms with Gasteiger partial charge in [0, 0.05) is 19.2 Å². The average molecular weight is 743 g/mol. The molecule has 14 heteroatoms. The molecule has 0 radical (unpaired) electrons. The number of carbonyl (C=O) groups is 2. The van der Waals surface area contributed by atoms with E-state index >= 15 is 0 Å². The zero-order valence-electron chi connectivity index (χ0n) is 28.7. The predicted molar refractivity (Wildman–Crippen MR) is 193 cm³/mol. The number of sulfone groups is 1. The van der Waals surface area contributed by atoms with Crippen molar-refractivity contribution in [3.05, 3.63) is 86.4 Å². The maximum Gasteiger partial charge on any atom is 0.263 e. The molecule has 0 aliphatic heterocycles. The number of aryl methyl sites for hydroxylation is 3. The van der Waals surface area contributed by atoms with E-state index < -0.39 is 62.5 Å². The van der Waals surface area contributed by atoms with Gasteiger partial charge in [-0.1, -0.05) is 57.9 Å². The maximum atomic E-state index is 14.1. The molecule has 0 aliphatic carbocycles. The fourth-order valence-electron chi connectivity index (χ4n) is 5.68. The second kappa shape index (κ2) is 20.0. The number of benzene rings is 2. The van der Waals surface area contributed by atoms with Crippen LogP contribution < -0.4 is 16.0 Å². The first kappa shape index (κ1) is 42.2. The van der Waals surface area contributed by atoms with E-state index in [2.05, 4.69) is 20.9 Å². The number of aliphatic hydroxyl groups is 1. The van der Waals surface area contributed by atoms with Crippen LogP contribution in [0.4, 0.5) is 8.78 Å². The van der Waals surface area contributed by atoms with Crippen LogP contribution in [0.5, 0.6) is 0 Å². The van der Waals surface area contributed by atoms with E-state index in [1.54, 1.807) is 13.8 Å². The smallest absolute Gasteiger partial charge is 0.263 e. The molecule has 0 saturated heterocycles. The summed E-state index contributed by atoms with van der Waals surface area (Å²) in [7, 11) is -3.86. The molecule has 0 spiro atoms. The molecule has 2 amide bonds. The number of carbonyl (C=O) groups excluding carboxylic acids is 2. The van der Waals surface area contributed by atoms with E-state index in [1.165, 1.54) is 0 Å². The summed E-state index contributed by atoms with van der Waals surface area (Å²) in [5.41, 5.74) is 2.77. The van der Waals surface area contributed by atoms with Gasteiger partial charge >= 0.3 is 0 Å². The Bertz CT molecular complexity index is 1610. The quantitative estimate of drug-likeness (QED) is 0.129. The lowest BCUT2D eigenvalue weighted by molar-refractivity contribution is -0.124. The van der Waals surface area contributed by atoms with E-state index in [4.69, 9.17) is 0 Å². The van der Waals surface area contributed by atoms with Gasteiger partial charge in [-0.3, -0.25) is 9.59 Å². The number of hydrogen-bond donors (Lipinski definition) is 4. The molecular formula is C35H49ClF2N4O5S2. The Labute approximate surface area is 299 Å². The van der Waals surface area contributed by atoms with Crippen LogP contribution in [0.25, 0.3) is 0 Å². The average Bonchev–Trinajstić information content (AvgIpc) is 3.37. The monoisotopic (exact) mass is 742 g/mol. The van der Waals surface area contributed by atoms with Crippen LogP contribution in [-0.2, 0) is 34.0 Å². The number of nitrogens with one attached hydrogen (secondary N) is 3. The van der Waals surface area contributed by atoms with E-state index in [0.29, 0.717) is 42.9 Å². The summed E-state index contributed by atoms with van der Waals surface area (Å²) in [5.74, 6) is -3.77. The van der Waals surface area contributed by atoms with Crippen molar-refractivity contribution >= 4 is 45.4 Å². The summed E-state index contributed by atoms with van der Waals surface area (Å²) in [6.07, 6.45) is 1.52. The lowest BCUT2D eigenvalue weighted by Crippen LogP contribution is -2.57. The Kier molecular flexibility index (Phi) is 17.2. The largest absolute Gasteiger partial charge is 0.390 e. The zero-order valence-corrected chi connectivity index (χ0v) is 31.2. The fraction of sp³-hybridized carbons (Fsp3) is 0.514. The molecule has 272 valence electrons. The van der Waals surface area contributed by atoms with Gasteiger partial charge in [-0.2, -0.15) is 0 Å². The minimum absolute atomic E-state index is 0. The Morgan fingerprint density at radius 3 is 2.14 bits per heavy atom. The van der Waals surface area contributed by atoms with E-state index in [1.807, 2.05) is 45.0 Å². The van der Waals surface area contributed by atoms with E-state index in [0.717, 1.165) is 47.1 Å². The highest BCUT2D eigenvalue weighted by molar-refractivity contribution is 7.92. The second-order valence-corrected chi connectivity index (χ2v) is 15.7. The van der Waals surface area contributed by atoms with Gasteiger partial charge in [0.05, 0.1) is 33.9 Å². The third-order valence-electron chi connectivity index (χ3n) is 8.11. The number of nitrogens with zero attached hydrogens (tertiary/aromatic N) is 1. The highest BCUT2D eigenvalue weighted by Crippen LogP contribution is 2.20. The Morgan fingerprint density at radius 1 is 0.939 bits per heavy atom. The molecule has 0 fully saturated rings. The molecule has 9 nitrogen and oxygen atoms in total. The van der Waals surface area contributed by atoms with Crippen molar-refractivity contribution in [3.63, 3.8) is 0 Å². The molecule has 49 heavy (non-hydrogen) atoms. The first-order valence-electron chi connectivity index (χ1n) is 16.4. The Morgan fingerprint density at radius 2 is 1.57 bits per heavy atom.